The van der Waals surface area contributed by atoms with E-state index >= 15 is 0 Å². The number of ether oxygens (including phenoxy) is 1. The molecular weight excluding hydrogens is 624 g/mol. The van der Waals surface area contributed by atoms with E-state index in [1.54, 1.807) is 0 Å². The molecule has 0 atom stereocenters. The molecule has 2 aromatic carbocycles. The van der Waals surface area contributed by atoms with Gasteiger partial charge in [-0.1, -0.05) is 6.07 Å². The van der Waals surface area contributed by atoms with Crippen molar-refractivity contribution in [2.45, 2.75) is 24.2 Å². The molecule has 0 aliphatic rings. The number of nitrogens with zero attached hydrogens (tertiary/aromatic N) is 1. The van der Waals surface area contributed by atoms with E-state index < -0.39 is 80.4 Å². The summed E-state index contributed by atoms with van der Waals surface area (Å²) in [6.45, 7) is -1.05. The van der Waals surface area contributed by atoms with Gasteiger partial charge >= 0.3 is 24.2 Å². The molecule has 0 unspecified atom stereocenters. The SMILES string of the molecule is COCN(C(=O)c1cccc(N)c1F)c1c(I)cc(C(F)(C(F)(F)F)C(F)(F)F)cc1C(F)(F)F. The third-order valence-corrected chi connectivity index (χ3v) is 5.40. The predicted molar refractivity (Wildman–Crippen MR) is 109 cm³/mol. The minimum Gasteiger partial charge on any atom is -0.396 e. The second kappa shape index (κ2) is 9.59. The molecule has 2 aromatic rings. The summed E-state index contributed by atoms with van der Waals surface area (Å²) in [5.74, 6) is -2.87. The Kier molecular flexibility index (Phi) is 7.91. The summed E-state index contributed by atoms with van der Waals surface area (Å²) in [5.41, 5.74) is -8.23. The van der Waals surface area contributed by atoms with Gasteiger partial charge in [-0.15, -0.1) is 0 Å². The van der Waals surface area contributed by atoms with Gasteiger partial charge in [-0.3, -0.25) is 9.69 Å². The fraction of sp³-hybridized carbons (Fsp3) is 0.316. The van der Waals surface area contributed by atoms with Gasteiger partial charge in [0.2, 0.25) is 0 Å². The van der Waals surface area contributed by atoms with Crippen molar-refractivity contribution in [3.8, 4) is 0 Å². The summed E-state index contributed by atoms with van der Waals surface area (Å²) < 4.78 is 153. The summed E-state index contributed by atoms with van der Waals surface area (Å²) in [4.78, 5) is 13.0. The van der Waals surface area contributed by atoms with Crippen LogP contribution in [-0.2, 0) is 16.6 Å². The van der Waals surface area contributed by atoms with Gasteiger partial charge in [-0.25, -0.2) is 8.78 Å². The molecule has 0 spiro atoms. The largest absolute Gasteiger partial charge is 0.435 e. The van der Waals surface area contributed by atoms with Crippen LogP contribution in [0.1, 0.15) is 21.5 Å². The number of benzene rings is 2. The molecule has 194 valence electrons. The zero-order valence-corrected chi connectivity index (χ0v) is 19.1. The number of hydrogen-bond donors (Lipinski definition) is 1. The molecule has 0 heterocycles. The average molecular weight is 636 g/mol. The van der Waals surface area contributed by atoms with Gasteiger partial charge in [0.15, 0.2) is 5.82 Å². The zero-order valence-electron chi connectivity index (χ0n) is 17.0. The van der Waals surface area contributed by atoms with Crippen molar-refractivity contribution in [2.24, 2.45) is 0 Å². The topological polar surface area (TPSA) is 55.6 Å². The Balaban J connectivity index is 2.90. The summed E-state index contributed by atoms with van der Waals surface area (Å²) in [6.07, 6.45) is -19.1. The molecule has 0 bridgehead atoms. The zero-order chi connectivity index (χ0) is 27.1. The molecule has 35 heavy (non-hydrogen) atoms. The summed E-state index contributed by atoms with van der Waals surface area (Å²) in [6, 6.07) is 2.06. The maximum Gasteiger partial charge on any atom is 0.435 e. The van der Waals surface area contributed by atoms with Crippen LogP contribution in [-0.4, -0.2) is 32.1 Å². The molecule has 0 radical (unpaired) electrons. The van der Waals surface area contributed by atoms with E-state index in [0.29, 0.717) is 0 Å². The minimum absolute atomic E-state index is 0.118. The van der Waals surface area contributed by atoms with Gasteiger partial charge in [0.05, 0.1) is 22.5 Å². The average Bonchev–Trinajstić information content (AvgIpc) is 2.70. The first-order chi connectivity index (χ1) is 15.8. The van der Waals surface area contributed by atoms with E-state index in [1.165, 1.54) is 0 Å². The van der Waals surface area contributed by atoms with E-state index in [9.17, 15) is 53.1 Å². The first-order valence-corrected chi connectivity index (χ1v) is 9.95. The van der Waals surface area contributed by atoms with Crippen LogP contribution in [0.2, 0.25) is 0 Å². The number of amides is 1. The molecule has 0 aliphatic heterocycles. The lowest BCUT2D eigenvalue weighted by Gasteiger charge is -2.32. The van der Waals surface area contributed by atoms with Gasteiger partial charge in [-0.2, -0.15) is 39.5 Å². The quantitative estimate of drug-likeness (QED) is 0.175. The highest BCUT2D eigenvalue weighted by molar-refractivity contribution is 14.1. The summed E-state index contributed by atoms with van der Waals surface area (Å²) in [7, 11) is 0.893. The molecule has 4 nitrogen and oxygen atoms in total. The van der Waals surface area contributed by atoms with Crippen molar-refractivity contribution in [3.63, 3.8) is 0 Å². The number of nitrogen functional groups attached to an aromatic ring is 1. The highest BCUT2D eigenvalue weighted by Gasteiger charge is 2.73. The van der Waals surface area contributed by atoms with Crippen LogP contribution in [0, 0.1) is 9.39 Å². The molecule has 0 fully saturated rings. The Morgan fingerprint density at radius 2 is 1.54 bits per heavy atom. The Hall–Kier alpha value is -2.37. The van der Waals surface area contributed by atoms with E-state index in [4.69, 9.17) is 5.73 Å². The maximum absolute atomic E-state index is 14.5. The lowest BCUT2D eigenvalue weighted by Crippen LogP contribution is -2.50. The minimum atomic E-state index is -6.69. The van der Waals surface area contributed by atoms with Crippen LogP contribution >= 0.6 is 22.6 Å². The highest BCUT2D eigenvalue weighted by atomic mass is 127. The van der Waals surface area contributed by atoms with Crippen molar-refractivity contribution < 1.29 is 57.8 Å². The lowest BCUT2D eigenvalue weighted by atomic mass is 9.91. The Morgan fingerprint density at radius 3 is 2.00 bits per heavy atom. The standard InChI is InChI=1S/C19H12F11IN2O2/c1-35-7-33(15(34)9-3-2-4-12(32)13(9)20)14-10(17(22,23)24)5-8(6-11(14)31)16(21,18(25,26)27)19(28,29)30/h2-6H,7,32H2,1H3. The van der Waals surface area contributed by atoms with Crippen molar-refractivity contribution in [2.75, 3.05) is 24.5 Å². The van der Waals surface area contributed by atoms with Crippen LogP contribution in [0.15, 0.2) is 30.3 Å². The Bertz CT molecular complexity index is 1100. The van der Waals surface area contributed by atoms with Gasteiger partial charge < -0.3 is 10.5 Å². The smallest absolute Gasteiger partial charge is 0.396 e. The molecule has 2 N–H and O–H groups in total. The first kappa shape index (κ1) is 28.9. The number of methoxy groups -OCH3 is 1. The van der Waals surface area contributed by atoms with Crippen LogP contribution in [0.3, 0.4) is 0 Å². The van der Waals surface area contributed by atoms with E-state index in [-0.39, 0.29) is 11.0 Å². The summed E-state index contributed by atoms with van der Waals surface area (Å²) in [5, 5.41) is 0. The molecule has 0 aromatic heterocycles. The number of carbonyl (C=O) groups excluding carboxylic acids is 1. The van der Waals surface area contributed by atoms with Crippen molar-refractivity contribution >= 4 is 39.9 Å². The van der Waals surface area contributed by atoms with Gasteiger partial charge in [0.25, 0.3) is 5.91 Å². The third kappa shape index (κ3) is 5.26. The van der Waals surface area contributed by atoms with E-state index in [0.717, 1.165) is 47.9 Å². The molecule has 0 aliphatic carbocycles. The lowest BCUT2D eigenvalue weighted by molar-refractivity contribution is -0.348. The number of rotatable bonds is 5. The van der Waals surface area contributed by atoms with Crippen molar-refractivity contribution in [3.05, 3.63) is 56.4 Å². The van der Waals surface area contributed by atoms with Crippen LogP contribution in [0.25, 0.3) is 0 Å². The molecule has 1 amide bonds. The Labute approximate surface area is 203 Å². The number of nitrogens with two attached hydrogens (primary N) is 1. The molecular formula is C19H12F11IN2O2. The number of hydrogen-bond acceptors (Lipinski definition) is 3. The van der Waals surface area contributed by atoms with Crippen LogP contribution < -0.4 is 10.6 Å². The highest BCUT2D eigenvalue weighted by Crippen LogP contribution is 2.55. The molecule has 16 heteroatoms. The first-order valence-electron chi connectivity index (χ1n) is 8.87. The van der Waals surface area contributed by atoms with Crippen molar-refractivity contribution in [1.82, 2.24) is 0 Å². The fourth-order valence-corrected chi connectivity index (χ4v) is 3.91. The number of alkyl halides is 10. The fourth-order valence-electron chi connectivity index (χ4n) is 2.99. The summed E-state index contributed by atoms with van der Waals surface area (Å²) >= 11 is 0.902. The van der Waals surface area contributed by atoms with Gasteiger partial charge in [-0.05, 0) is 46.9 Å². The van der Waals surface area contributed by atoms with Crippen LogP contribution in [0.5, 0.6) is 0 Å². The van der Waals surface area contributed by atoms with Gasteiger partial charge in [0, 0.05) is 16.2 Å². The maximum atomic E-state index is 14.5. The number of anilines is 2. The molecule has 2 rings (SSSR count). The predicted octanol–water partition coefficient (Wildman–Crippen LogP) is 6.57. The van der Waals surface area contributed by atoms with Crippen molar-refractivity contribution in [1.29, 1.82) is 0 Å². The third-order valence-electron chi connectivity index (χ3n) is 4.58. The second-order valence-electron chi connectivity index (χ2n) is 6.87. The second-order valence-corrected chi connectivity index (χ2v) is 8.03. The number of halogens is 12. The van der Waals surface area contributed by atoms with E-state index in [1.807, 2.05) is 0 Å². The molecule has 0 saturated carbocycles. The van der Waals surface area contributed by atoms with Gasteiger partial charge in [0.1, 0.15) is 6.73 Å². The van der Waals surface area contributed by atoms with E-state index in [2.05, 4.69) is 4.74 Å². The number of carbonyl (C=O) groups is 1. The normalized spacial score (nSPS) is 13.2. The monoisotopic (exact) mass is 636 g/mol. The Morgan fingerprint density at radius 1 is 1.00 bits per heavy atom. The van der Waals surface area contributed by atoms with Crippen LogP contribution in [0.4, 0.5) is 59.7 Å². The molecule has 0 saturated heterocycles.